The molecule has 1 aliphatic rings. The lowest BCUT2D eigenvalue weighted by atomic mass is 10.2. The second kappa shape index (κ2) is 6.53. The van der Waals surface area contributed by atoms with Gasteiger partial charge in [-0.05, 0) is 17.7 Å². The number of hydrogen-bond acceptors (Lipinski definition) is 5. The van der Waals surface area contributed by atoms with Crippen LogP contribution in [0.25, 0.3) is 0 Å². The molecule has 0 spiro atoms. The summed E-state index contributed by atoms with van der Waals surface area (Å²) in [6.07, 6.45) is 0. The summed E-state index contributed by atoms with van der Waals surface area (Å²) in [5.41, 5.74) is 6.95. The van der Waals surface area contributed by atoms with Gasteiger partial charge in [0.25, 0.3) is 0 Å². The van der Waals surface area contributed by atoms with E-state index in [2.05, 4.69) is 4.90 Å². The Morgan fingerprint density at radius 3 is 2.50 bits per heavy atom. The van der Waals surface area contributed by atoms with Gasteiger partial charge in [0.15, 0.2) is 0 Å². The molecule has 6 nitrogen and oxygen atoms in total. The molecule has 0 amide bonds. The molecule has 1 heterocycles. The van der Waals surface area contributed by atoms with Crippen molar-refractivity contribution in [1.82, 2.24) is 9.21 Å². The van der Waals surface area contributed by atoms with Crippen molar-refractivity contribution in [2.45, 2.75) is 5.75 Å². The third-order valence-corrected chi connectivity index (χ3v) is 5.29. The molecule has 0 radical (unpaired) electrons. The standard InChI is InChI=1S/C13H21N3O3S/c14-13-3-1-2-12(10-13)11-20(18,19)16-6-4-15(5-7-16)8-9-17/h1-3,10,17H,4-9,11,14H2. The van der Waals surface area contributed by atoms with E-state index < -0.39 is 10.0 Å². The summed E-state index contributed by atoms with van der Waals surface area (Å²) in [5.74, 6) is -0.0158. The minimum absolute atomic E-state index is 0.0158. The van der Waals surface area contributed by atoms with Crippen LogP contribution in [-0.4, -0.2) is 62.1 Å². The zero-order valence-electron chi connectivity index (χ0n) is 11.4. The van der Waals surface area contributed by atoms with Crippen molar-refractivity contribution in [3.05, 3.63) is 29.8 Å². The Kier molecular flexibility index (Phi) is 4.98. The normalized spacial score (nSPS) is 18.2. The predicted octanol–water partition coefficient (Wildman–Crippen LogP) is -0.291. The van der Waals surface area contributed by atoms with Crippen LogP contribution in [0.4, 0.5) is 5.69 Å². The molecule has 0 unspecified atom stereocenters. The molecule has 0 bridgehead atoms. The molecule has 20 heavy (non-hydrogen) atoms. The molecule has 1 aromatic carbocycles. The zero-order chi connectivity index (χ0) is 14.6. The van der Waals surface area contributed by atoms with Gasteiger partial charge in [-0.15, -0.1) is 0 Å². The minimum atomic E-state index is -3.30. The number of benzene rings is 1. The highest BCUT2D eigenvalue weighted by atomic mass is 32.2. The molecule has 0 aromatic heterocycles. The van der Waals surface area contributed by atoms with E-state index in [1.807, 2.05) is 0 Å². The molecular weight excluding hydrogens is 278 g/mol. The lowest BCUT2D eigenvalue weighted by Gasteiger charge is -2.33. The number of hydrogen-bond donors (Lipinski definition) is 2. The maximum Gasteiger partial charge on any atom is 0.218 e. The van der Waals surface area contributed by atoms with E-state index in [1.165, 1.54) is 4.31 Å². The van der Waals surface area contributed by atoms with E-state index in [4.69, 9.17) is 10.8 Å². The van der Waals surface area contributed by atoms with Crippen LogP contribution in [0, 0.1) is 0 Å². The molecule has 0 atom stereocenters. The lowest BCUT2D eigenvalue weighted by molar-refractivity contribution is 0.151. The Morgan fingerprint density at radius 2 is 1.90 bits per heavy atom. The van der Waals surface area contributed by atoms with Gasteiger partial charge >= 0.3 is 0 Å². The first kappa shape index (κ1) is 15.2. The molecule has 7 heteroatoms. The van der Waals surface area contributed by atoms with Gasteiger partial charge in [-0.3, -0.25) is 4.90 Å². The van der Waals surface area contributed by atoms with Gasteiger partial charge in [0.2, 0.25) is 10.0 Å². The van der Waals surface area contributed by atoms with Crippen molar-refractivity contribution in [3.63, 3.8) is 0 Å². The second-order valence-corrected chi connectivity index (χ2v) is 6.93. The summed E-state index contributed by atoms with van der Waals surface area (Å²) in [5, 5.41) is 8.88. The van der Waals surface area contributed by atoms with Gasteiger partial charge in [0, 0.05) is 38.4 Å². The summed E-state index contributed by atoms with van der Waals surface area (Å²) < 4.78 is 26.2. The maximum absolute atomic E-state index is 12.3. The Labute approximate surface area is 119 Å². The molecule has 0 saturated carbocycles. The molecule has 0 aliphatic carbocycles. The average Bonchev–Trinajstić information content (AvgIpc) is 2.39. The van der Waals surface area contributed by atoms with Gasteiger partial charge in [-0.1, -0.05) is 12.1 Å². The van der Waals surface area contributed by atoms with Crippen LogP contribution in [-0.2, 0) is 15.8 Å². The number of piperazine rings is 1. The number of nitrogen functional groups attached to an aromatic ring is 1. The Bertz CT molecular complexity index is 540. The van der Waals surface area contributed by atoms with Crippen molar-refractivity contribution in [2.75, 3.05) is 45.1 Å². The van der Waals surface area contributed by atoms with Gasteiger partial charge in [0.05, 0.1) is 12.4 Å². The van der Waals surface area contributed by atoms with Crippen LogP contribution in [0.3, 0.4) is 0 Å². The Balaban J connectivity index is 1.98. The van der Waals surface area contributed by atoms with Crippen LogP contribution in [0.1, 0.15) is 5.56 Å². The summed E-state index contributed by atoms with van der Waals surface area (Å²) in [6, 6.07) is 6.97. The molecule has 1 fully saturated rings. The number of nitrogens with zero attached hydrogens (tertiary/aromatic N) is 2. The van der Waals surface area contributed by atoms with E-state index in [0.717, 1.165) is 0 Å². The monoisotopic (exact) mass is 299 g/mol. The van der Waals surface area contributed by atoms with Crippen LogP contribution in [0.2, 0.25) is 0 Å². The first-order valence-corrected chi connectivity index (χ1v) is 8.27. The molecule has 1 aliphatic heterocycles. The number of aliphatic hydroxyl groups is 1. The third kappa shape index (κ3) is 3.92. The van der Waals surface area contributed by atoms with Crippen LogP contribution < -0.4 is 5.73 Å². The highest BCUT2D eigenvalue weighted by molar-refractivity contribution is 7.88. The van der Waals surface area contributed by atoms with Gasteiger partial charge in [-0.2, -0.15) is 4.31 Å². The van der Waals surface area contributed by atoms with Crippen LogP contribution >= 0.6 is 0 Å². The van der Waals surface area contributed by atoms with Crippen molar-refractivity contribution >= 4 is 15.7 Å². The number of sulfonamides is 1. The highest BCUT2D eigenvalue weighted by Crippen LogP contribution is 2.15. The summed E-state index contributed by atoms with van der Waals surface area (Å²) in [7, 11) is -3.30. The number of nitrogens with two attached hydrogens (primary N) is 1. The van der Waals surface area contributed by atoms with E-state index in [-0.39, 0.29) is 12.4 Å². The Morgan fingerprint density at radius 1 is 1.20 bits per heavy atom. The molecule has 112 valence electrons. The van der Waals surface area contributed by atoms with E-state index in [1.54, 1.807) is 24.3 Å². The second-order valence-electron chi connectivity index (χ2n) is 4.97. The lowest BCUT2D eigenvalue weighted by Crippen LogP contribution is -2.49. The quantitative estimate of drug-likeness (QED) is 0.730. The number of anilines is 1. The Hall–Kier alpha value is -1.15. The number of aliphatic hydroxyl groups excluding tert-OH is 1. The van der Waals surface area contributed by atoms with Crippen molar-refractivity contribution in [1.29, 1.82) is 0 Å². The number of rotatable bonds is 5. The van der Waals surface area contributed by atoms with Gasteiger partial charge in [0.1, 0.15) is 0 Å². The molecule has 1 aromatic rings. The van der Waals surface area contributed by atoms with Crippen molar-refractivity contribution in [2.24, 2.45) is 0 Å². The minimum Gasteiger partial charge on any atom is -0.399 e. The summed E-state index contributed by atoms with van der Waals surface area (Å²) >= 11 is 0. The SMILES string of the molecule is Nc1cccc(CS(=O)(=O)N2CCN(CCO)CC2)c1. The largest absolute Gasteiger partial charge is 0.399 e. The first-order valence-electron chi connectivity index (χ1n) is 6.67. The van der Waals surface area contributed by atoms with E-state index in [9.17, 15) is 8.42 Å². The maximum atomic E-state index is 12.3. The fourth-order valence-electron chi connectivity index (χ4n) is 2.36. The van der Waals surface area contributed by atoms with Crippen molar-refractivity contribution < 1.29 is 13.5 Å². The zero-order valence-corrected chi connectivity index (χ0v) is 12.2. The third-order valence-electron chi connectivity index (χ3n) is 3.44. The average molecular weight is 299 g/mol. The molecule has 2 rings (SSSR count). The molecule has 3 N–H and O–H groups in total. The number of β-amino-alcohol motifs (C(OH)–C–C–N with tert-alkyl or cyclic N) is 1. The van der Waals surface area contributed by atoms with Gasteiger partial charge in [-0.25, -0.2) is 8.42 Å². The highest BCUT2D eigenvalue weighted by Gasteiger charge is 2.26. The van der Waals surface area contributed by atoms with E-state index >= 15 is 0 Å². The van der Waals surface area contributed by atoms with Crippen LogP contribution in [0.15, 0.2) is 24.3 Å². The topological polar surface area (TPSA) is 86.9 Å². The predicted molar refractivity (Wildman–Crippen MR) is 78.6 cm³/mol. The molecule has 1 saturated heterocycles. The fraction of sp³-hybridized carbons (Fsp3) is 0.538. The fourth-order valence-corrected chi connectivity index (χ4v) is 3.86. The summed E-state index contributed by atoms with van der Waals surface area (Å²) in [6.45, 7) is 2.99. The first-order chi connectivity index (χ1) is 9.51. The molecular formula is C13H21N3O3S. The smallest absolute Gasteiger partial charge is 0.218 e. The van der Waals surface area contributed by atoms with Crippen LogP contribution in [0.5, 0.6) is 0 Å². The van der Waals surface area contributed by atoms with E-state index in [0.29, 0.717) is 44.0 Å². The van der Waals surface area contributed by atoms with Gasteiger partial charge < -0.3 is 10.8 Å². The summed E-state index contributed by atoms with van der Waals surface area (Å²) in [4.78, 5) is 2.06. The van der Waals surface area contributed by atoms with Crippen molar-refractivity contribution in [3.8, 4) is 0 Å².